The number of hydrogen-bond acceptors (Lipinski definition) is 6. The van der Waals surface area contributed by atoms with Crippen LogP contribution in [0, 0.1) is 0 Å². The van der Waals surface area contributed by atoms with Crippen LogP contribution >= 0.6 is 23.1 Å². The van der Waals surface area contributed by atoms with Crippen molar-refractivity contribution in [3.63, 3.8) is 0 Å². The minimum absolute atomic E-state index is 0.0755. The highest BCUT2D eigenvalue weighted by molar-refractivity contribution is 7.16. The highest BCUT2D eigenvalue weighted by Crippen LogP contribution is 2.27. The van der Waals surface area contributed by atoms with Crippen molar-refractivity contribution in [1.29, 1.82) is 0 Å². The van der Waals surface area contributed by atoms with Gasteiger partial charge in [-0.3, -0.25) is 9.59 Å². The predicted octanol–water partition coefficient (Wildman–Crippen LogP) is 3.77. The van der Waals surface area contributed by atoms with Gasteiger partial charge in [0, 0.05) is 13.6 Å². The van der Waals surface area contributed by atoms with E-state index in [1.807, 2.05) is 0 Å². The van der Waals surface area contributed by atoms with E-state index in [9.17, 15) is 22.8 Å². The van der Waals surface area contributed by atoms with E-state index < -0.39 is 22.7 Å². The van der Waals surface area contributed by atoms with Gasteiger partial charge in [0.25, 0.3) is 11.7 Å². The lowest BCUT2D eigenvalue weighted by molar-refractivity contribution is -0.0882. The number of amides is 1. The lowest BCUT2D eigenvalue weighted by Gasteiger charge is -2.16. The summed E-state index contributed by atoms with van der Waals surface area (Å²) in [5, 5.41) is 0. The molecule has 5 nitrogen and oxygen atoms in total. The third-order valence-electron chi connectivity index (χ3n) is 3.38. The van der Waals surface area contributed by atoms with Crippen molar-refractivity contribution in [1.82, 2.24) is 13.6 Å². The Morgan fingerprint density at radius 3 is 2.48 bits per heavy atom. The Labute approximate surface area is 148 Å². The molecule has 1 amide bonds. The van der Waals surface area contributed by atoms with Crippen LogP contribution < -0.4 is 0 Å². The molecule has 0 spiro atoms. The molecule has 0 unspecified atom stereocenters. The van der Waals surface area contributed by atoms with Crippen LogP contribution in [0.4, 0.5) is 13.2 Å². The first-order valence-corrected chi connectivity index (χ1v) is 8.48. The number of fused-ring (bicyclic) bond motifs is 1. The zero-order valence-electron chi connectivity index (χ0n) is 12.7. The SMILES string of the molecule is CN(Cc1ccc2nsnc2c1)C(=O)c1ccc(C(=O)C(F)(F)F)s1. The smallest absolute Gasteiger partial charge is 0.337 e. The van der Waals surface area contributed by atoms with E-state index in [0.29, 0.717) is 11.3 Å². The summed E-state index contributed by atoms with van der Waals surface area (Å²) in [5.41, 5.74) is 2.30. The van der Waals surface area contributed by atoms with Gasteiger partial charge < -0.3 is 4.90 Å². The van der Waals surface area contributed by atoms with Crippen molar-refractivity contribution in [2.45, 2.75) is 12.7 Å². The Morgan fingerprint density at radius 2 is 1.76 bits per heavy atom. The van der Waals surface area contributed by atoms with Crippen LogP contribution in [0.1, 0.15) is 24.9 Å². The largest absolute Gasteiger partial charge is 0.455 e. The summed E-state index contributed by atoms with van der Waals surface area (Å²) >= 11 is 1.63. The van der Waals surface area contributed by atoms with Gasteiger partial charge >= 0.3 is 6.18 Å². The molecule has 3 rings (SSSR count). The molecule has 2 aromatic heterocycles. The molecule has 1 aromatic carbocycles. The van der Waals surface area contributed by atoms with E-state index in [1.54, 1.807) is 18.2 Å². The first kappa shape index (κ1) is 17.5. The first-order valence-electron chi connectivity index (χ1n) is 6.94. The van der Waals surface area contributed by atoms with Gasteiger partial charge in [-0.15, -0.1) is 11.3 Å². The van der Waals surface area contributed by atoms with Crippen molar-refractivity contribution >= 4 is 45.8 Å². The van der Waals surface area contributed by atoms with Gasteiger partial charge in [0.15, 0.2) is 0 Å². The summed E-state index contributed by atoms with van der Waals surface area (Å²) in [6, 6.07) is 7.65. The lowest BCUT2D eigenvalue weighted by atomic mass is 10.2. The number of aromatic nitrogens is 2. The van der Waals surface area contributed by atoms with Crippen LogP contribution in [0.15, 0.2) is 30.3 Å². The summed E-state index contributed by atoms with van der Waals surface area (Å²) in [5.74, 6) is -2.40. The number of thiophene rings is 1. The second-order valence-corrected chi connectivity index (χ2v) is 6.85. The molecular formula is C15H10F3N3O2S2. The van der Waals surface area contributed by atoms with Crippen LogP contribution in [0.2, 0.25) is 0 Å². The summed E-state index contributed by atoms with van der Waals surface area (Å²) in [4.78, 5) is 24.5. The molecule has 0 radical (unpaired) electrons. The summed E-state index contributed by atoms with van der Waals surface area (Å²) in [6.45, 7) is 0.257. The van der Waals surface area contributed by atoms with Crippen LogP contribution in [-0.2, 0) is 6.54 Å². The average Bonchev–Trinajstić information content (AvgIpc) is 3.21. The monoisotopic (exact) mass is 385 g/mol. The Morgan fingerprint density at radius 1 is 1.08 bits per heavy atom. The van der Waals surface area contributed by atoms with E-state index in [2.05, 4.69) is 8.75 Å². The zero-order valence-corrected chi connectivity index (χ0v) is 14.3. The summed E-state index contributed by atoms with van der Waals surface area (Å²) in [7, 11) is 1.54. The summed E-state index contributed by atoms with van der Waals surface area (Å²) < 4.78 is 45.5. The number of hydrogen-bond donors (Lipinski definition) is 0. The van der Waals surface area contributed by atoms with Gasteiger partial charge in [-0.05, 0) is 29.8 Å². The molecule has 0 atom stereocenters. The van der Waals surface area contributed by atoms with Crippen molar-refractivity contribution in [3.8, 4) is 0 Å². The molecule has 3 aromatic rings. The molecule has 10 heteroatoms. The van der Waals surface area contributed by atoms with Crippen LogP contribution in [0.3, 0.4) is 0 Å². The zero-order chi connectivity index (χ0) is 18.2. The van der Waals surface area contributed by atoms with Gasteiger partial charge in [0.05, 0.1) is 21.5 Å². The fourth-order valence-corrected chi connectivity index (χ4v) is 3.65. The standard InChI is InChI=1S/C15H10F3N3O2S2/c1-21(7-8-2-3-9-10(6-8)20-25-19-9)14(23)12-5-4-11(24-12)13(22)15(16,17)18/h2-6H,7H2,1H3. The minimum atomic E-state index is -4.95. The van der Waals surface area contributed by atoms with E-state index in [0.717, 1.165) is 34.4 Å². The first-order chi connectivity index (χ1) is 11.8. The molecule has 0 bridgehead atoms. The number of halogens is 3. The van der Waals surface area contributed by atoms with Crippen molar-refractivity contribution in [2.24, 2.45) is 0 Å². The van der Waals surface area contributed by atoms with Crippen LogP contribution in [0.5, 0.6) is 0 Å². The molecule has 0 aliphatic rings. The topological polar surface area (TPSA) is 63.2 Å². The predicted molar refractivity (Wildman–Crippen MR) is 87.9 cm³/mol. The Kier molecular flexibility index (Phi) is 4.56. The van der Waals surface area contributed by atoms with Gasteiger partial charge in [0.1, 0.15) is 11.0 Å². The molecule has 0 saturated carbocycles. The highest BCUT2D eigenvalue weighted by atomic mass is 32.1. The van der Waals surface area contributed by atoms with Crippen molar-refractivity contribution in [2.75, 3.05) is 7.05 Å². The normalized spacial score (nSPS) is 11.7. The second-order valence-electron chi connectivity index (χ2n) is 5.24. The van der Waals surface area contributed by atoms with Crippen LogP contribution in [0.25, 0.3) is 11.0 Å². The number of rotatable bonds is 4. The molecule has 2 heterocycles. The van der Waals surface area contributed by atoms with Gasteiger partial charge in [-0.25, -0.2) is 0 Å². The van der Waals surface area contributed by atoms with Gasteiger partial charge in [-0.2, -0.15) is 21.9 Å². The van der Waals surface area contributed by atoms with Gasteiger partial charge in [0.2, 0.25) is 0 Å². The van der Waals surface area contributed by atoms with Gasteiger partial charge in [-0.1, -0.05) is 6.07 Å². The van der Waals surface area contributed by atoms with Crippen molar-refractivity contribution in [3.05, 3.63) is 45.6 Å². The molecule has 25 heavy (non-hydrogen) atoms. The fourth-order valence-electron chi connectivity index (χ4n) is 2.17. The number of Topliss-reactive ketones (excluding diaryl/α,β-unsaturated/α-hetero) is 1. The maximum Gasteiger partial charge on any atom is 0.455 e. The van der Waals surface area contributed by atoms with Crippen molar-refractivity contribution < 1.29 is 22.8 Å². The number of alkyl halides is 3. The Hall–Kier alpha value is -2.33. The Bertz CT molecular complexity index is 949. The molecule has 0 saturated heterocycles. The minimum Gasteiger partial charge on any atom is -0.337 e. The molecule has 130 valence electrons. The number of carbonyl (C=O) groups is 2. The van der Waals surface area contributed by atoms with E-state index in [-0.39, 0.29) is 11.4 Å². The average molecular weight is 385 g/mol. The maximum atomic E-state index is 12.4. The molecular weight excluding hydrogens is 375 g/mol. The number of nitrogens with zero attached hydrogens (tertiary/aromatic N) is 3. The molecule has 0 N–H and O–H groups in total. The molecule has 0 fully saturated rings. The number of carbonyl (C=O) groups excluding carboxylic acids is 2. The third kappa shape index (κ3) is 3.69. The summed E-state index contributed by atoms with van der Waals surface area (Å²) in [6.07, 6.45) is -4.95. The molecule has 0 aliphatic carbocycles. The number of benzene rings is 1. The lowest BCUT2D eigenvalue weighted by Crippen LogP contribution is -2.25. The third-order valence-corrected chi connectivity index (χ3v) is 5.01. The fraction of sp³-hybridized carbons (Fsp3) is 0.200. The Balaban J connectivity index is 1.74. The van der Waals surface area contributed by atoms with Crippen LogP contribution in [-0.4, -0.2) is 38.6 Å². The number of ketones is 1. The molecule has 0 aliphatic heterocycles. The maximum absolute atomic E-state index is 12.4. The van der Waals surface area contributed by atoms with E-state index in [4.69, 9.17) is 0 Å². The second kappa shape index (κ2) is 6.52. The van der Waals surface area contributed by atoms with E-state index in [1.165, 1.54) is 18.0 Å². The highest BCUT2D eigenvalue weighted by Gasteiger charge is 2.40. The quantitative estimate of drug-likeness (QED) is 0.642. The van der Waals surface area contributed by atoms with E-state index >= 15 is 0 Å².